The standard InChI is InChI=1S/C12H10BrNO2/c1-8(12(15)16)7-14-6-5-9-10(13)3-2-4-11(9)14/h2-6H,1,7H2,(H,15,16). The van der Waals surface area contributed by atoms with Gasteiger partial charge in [-0.05, 0) is 18.2 Å². The summed E-state index contributed by atoms with van der Waals surface area (Å²) in [6, 6.07) is 7.79. The summed E-state index contributed by atoms with van der Waals surface area (Å²) in [7, 11) is 0. The first-order valence-electron chi connectivity index (χ1n) is 4.74. The third kappa shape index (κ3) is 1.88. The van der Waals surface area contributed by atoms with Crippen LogP contribution in [0.4, 0.5) is 0 Å². The van der Waals surface area contributed by atoms with E-state index in [2.05, 4.69) is 22.5 Å². The minimum absolute atomic E-state index is 0.178. The fourth-order valence-electron chi connectivity index (χ4n) is 1.60. The van der Waals surface area contributed by atoms with Gasteiger partial charge >= 0.3 is 5.97 Å². The van der Waals surface area contributed by atoms with E-state index >= 15 is 0 Å². The molecule has 0 aliphatic rings. The largest absolute Gasteiger partial charge is 0.478 e. The van der Waals surface area contributed by atoms with Crippen LogP contribution in [0.3, 0.4) is 0 Å². The summed E-state index contributed by atoms with van der Waals surface area (Å²) in [6.45, 7) is 3.83. The summed E-state index contributed by atoms with van der Waals surface area (Å²) in [5.41, 5.74) is 1.18. The maximum atomic E-state index is 10.7. The molecule has 0 atom stereocenters. The van der Waals surface area contributed by atoms with E-state index in [0.29, 0.717) is 6.54 Å². The van der Waals surface area contributed by atoms with Gasteiger partial charge in [-0.1, -0.05) is 28.6 Å². The Morgan fingerprint density at radius 1 is 1.44 bits per heavy atom. The van der Waals surface area contributed by atoms with Crippen LogP contribution in [0.2, 0.25) is 0 Å². The molecule has 0 amide bonds. The van der Waals surface area contributed by atoms with Crippen molar-refractivity contribution in [2.24, 2.45) is 0 Å². The van der Waals surface area contributed by atoms with E-state index in [1.807, 2.05) is 35.0 Å². The van der Waals surface area contributed by atoms with Crippen LogP contribution in [0.15, 0.2) is 47.1 Å². The Labute approximate surface area is 101 Å². The second kappa shape index (κ2) is 4.14. The molecule has 0 spiro atoms. The molecule has 82 valence electrons. The average Bonchev–Trinajstić information content (AvgIpc) is 2.63. The van der Waals surface area contributed by atoms with Crippen LogP contribution in [-0.2, 0) is 11.3 Å². The van der Waals surface area contributed by atoms with E-state index in [1.54, 1.807) is 0 Å². The maximum absolute atomic E-state index is 10.7. The highest BCUT2D eigenvalue weighted by Gasteiger charge is 2.08. The smallest absolute Gasteiger partial charge is 0.332 e. The Morgan fingerprint density at radius 2 is 2.19 bits per heavy atom. The van der Waals surface area contributed by atoms with Gasteiger partial charge in [-0.2, -0.15) is 0 Å². The zero-order chi connectivity index (χ0) is 11.7. The van der Waals surface area contributed by atoms with Crippen LogP contribution in [0.1, 0.15) is 0 Å². The van der Waals surface area contributed by atoms with Crippen molar-refractivity contribution in [2.45, 2.75) is 6.54 Å². The summed E-state index contributed by atoms with van der Waals surface area (Å²) in [4.78, 5) is 10.7. The zero-order valence-electron chi connectivity index (χ0n) is 8.48. The second-order valence-electron chi connectivity index (χ2n) is 3.52. The van der Waals surface area contributed by atoms with Crippen LogP contribution < -0.4 is 0 Å². The number of hydrogen-bond donors (Lipinski definition) is 1. The first-order chi connectivity index (χ1) is 7.59. The Hall–Kier alpha value is -1.55. The van der Waals surface area contributed by atoms with Gasteiger partial charge in [0.25, 0.3) is 0 Å². The van der Waals surface area contributed by atoms with Crippen LogP contribution >= 0.6 is 15.9 Å². The monoisotopic (exact) mass is 279 g/mol. The molecule has 4 heteroatoms. The topological polar surface area (TPSA) is 42.2 Å². The number of aliphatic carboxylic acids is 1. The van der Waals surface area contributed by atoms with Crippen LogP contribution in [0, 0.1) is 0 Å². The third-order valence-electron chi connectivity index (χ3n) is 2.42. The van der Waals surface area contributed by atoms with Crippen molar-refractivity contribution in [2.75, 3.05) is 0 Å². The van der Waals surface area contributed by atoms with E-state index in [-0.39, 0.29) is 5.57 Å². The van der Waals surface area contributed by atoms with Crippen molar-refractivity contribution in [1.82, 2.24) is 4.57 Å². The summed E-state index contributed by atoms with van der Waals surface area (Å²) in [5.74, 6) is -0.961. The zero-order valence-corrected chi connectivity index (χ0v) is 10.1. The van der Waals surface area contributed by atoms with Gasteiger partial charge in [0.2, 0.25) is 0 Å². The number of halogens is 1. The predicted octanol–water partition coefficient (Wildman–Crippen LogP) is 3.04. The lowest BCUT2D eigenvalue weighted by Crippen LogP contribution is -2.07. The van der Waals surface area contributed by atoms with Gasteiger partial charge < -0.3 is 9.67 Å². The molecule has 3 nitrogen and oxygen atoms in total. The Bertz CT molecular complexity index is 571. The van der Waals surface area contributed by atoms with E-state index in [4.69, 9.17) is 5.11 Å². The first-order valence-corrected chi connectivity index (χ1v) is 5.53. The molecule has 0 aliphatic carbocycles. The molecule has 0 bridgehead atoms. The fraction of sp³-hybridized carbons (Fsp3) is 0.0833. The van der Waals surface area contributed by atoms with E-state index in [0.717, 1.165) is 15.4 Å². The van der Waals surface area contributed by atoms with E-state index < -0.39 is 5.97 Å². The summed E-state index contributed by atoms with van der Waals surface area (Å²) >= 11 is 3.45. The van der Waals surface area contributed by atoms with Gasteiger partial charge in [-0.15, -0.1) is 0 Å². The number of fused-ring (bicyclic) bond motifs is 1. The lowest BCUT2D eigenvalue weighted by atomic mass is 10.2. The van der Waals surface area contributed by atoms with Gasteiger partial charge in [-0.25, -0.2) is 4.79 Å². The molecule has 0 fully saturated rings. The number of nitrogens with zero attached hydrogens (tertiary/aromatic N) is 1. The number of carboxylic acids is 1. The highest BCUT2D eigenvalue weighted by atomic mass is 79.9. The molecule has 1 N–H and O–H groups in total. The number of rotatable bonds is 3. The molecule has 0 saturated carbocycles. The minimum atomic E-state index is -0.961. The predicted molar refractivity (Wildman–Crippen MR) is 66.4 cm³/mol. The molecule has 0 saturated heterocycles. The van der Waals surface area contributed by atoms with Gasteiger partial charge in [0.15, 0.2) is 0 Å². The SMILES string of the molecule is C=C(Cn1ccc2c(Br)cccc21)C(=O)O. The number of carboxylic acid groups (broad SMARTS) is 1. The molecule has 1 heterocycles. The Kier molecular flexibility index (Phi) is 2.83. The number of benzene rings is 1. The number of hydrogen-bond acceptors (Lipinski definition) is 1. The quantitative estimate of drug-likeness (QED) is 0.878. The van der Waals surface area contributed by atoms with Crippen molar-refractivity contribution in [3.63, 3.8) is 0 Å². The summed E-state index contributed by atoms with van der Waals surface area (Å²) in [6.07, 6.45) is 1.86. The lowest BCUT2D eigenvalue weighted by molar-refractivity contribution is -0.132. The molecule has 0 radical (unpaired) electrons. The lowest BCUT2D eigenvalue weighted by Gasteiger charge is -2.05. The van der Waals surface area contributed by atoms with Gasteiger partial charge in [-0.3, -0.25) is 0 Å². The molecule has 2 rings (SSSR count). The number of aromatic nitrogens is 1. The van der Waals surface area contributed by atoms with Crippen LogP contribution in [-0.4, -0.2) is 15.6 Å². The molecule has 1 aromatic heterocycles. The highest BCUT2D eigenvalue weighted by molar-refractivity contribution is 9.10. The number of carbonyl (C=O) groups is 1. The molecule has 16 heavy (non-hydrogen) atoms. The van der Waals surface area contributed by atoms with Crippen molar-refractivity contribution in [3.05, 3.63) is 47.1 Å². The molecule has 0 unspecified atom stereocenters. The molecule has 1 aromatic carbocycles. The van der Waals surface area contributed by atoms with E-state index in [1.165, 1.54) is 0 Å². The molecule has 0 aliphatic heterocycles. The Balaban J connectivity index is 2.43. The molecular weight excluding hydrogens is 270 g/mol. The van der Waals surface area contributed by atoms with Crippen molar-refractivity contribution in [1.29, 1.82) is 0 Å². The normalized spacial score (nSPS) is 10.6. The van der Waals surface area contributed by atoms with Gasteiger partial charge in [0.1, 0.15) is 0 Å². The molecular formula is C12H10BrNO2. The van der Waals surface area contributed by atoms with Crippen molar-refractivity contribution >= 4 is 32.8 Å². The summed E-state index contributed by atoms with van der Waals surface area (Å²) in [5, 5.41) is 9.86. The molecule has 2 aromatic rings. The first kappa shape index (κ1) is 11.0. The Morgan fingerprint density at radius 3 is 2.88 bits per heavy atom. The van der Waals surface area contributed by atoms with Gasteiger partial charge in [0.05, 0.1) is 6.54 Å². The van der Waals surface area contributed by atoms with Gasteiger partial charge in [0, 0.05) is 27.1 Å². The van der Waals surface area contributed by atoms with Crippen molar-refractivity contribution < 1.29 is 9.90 Å². The average molecular weight is 280 g/mol. The maximum Gasteiger partial charge on any atom is 0.332 e. The van der Waals surface area contributed by atoms with Crippen LogP contribution in [0.5, 0.6) is 0 Å². The second-order valence-corrected chi connectivity index (χ2v) is 4.38. The highest BCUT2D eigenvalue weighted by Crippen LogP contribution is 2.25. The van der Waals surface area contributed by atoms with E-state index in [9.17, 15) is 4.79 Å². The third-order valence-corrected chi connectivity index (χ3v) is 3.12. The van der Waals surface area contributed by atoms with Crippen molar-refractivity contribution in [3.8, 4) is 0 Å². The minimum Gasteiger partial charge on any atom is -0.478 e. The fourth-order valence-corrected chi connectivity index (χ4v) is 2.08. The van der Waals surface area contributed by atoms with Crippen LogP contribution in [0.25, 0.3) is 10.9 Å². The summed E-state index contributed by atoms with van der Waals surface area (Å²) < 4.78 is 2.88.